The van der Waals surface area contributed by atoms with Gasteiger partial charge in [-0.2, -0.15) is 0 Å². The van der Waals surface area contributed by atoms with Crippen molar-refractivity contribution in [2.24, 2.45) is 52.3 Å². The zero-order valence-electron chi connectivity index (χ0n) is 30.4. The molecule has 0 radical (unpaired) electrons. The molecule has 53 heavy (non-hydrogen) atoms. The number of fused-ring (bicyclic) bond motifs is 7. The van der Waals surface area contributed by atoms with Gasteiger partial charge in [0.2, 0.25) is 0 Å². The van der Waals surface area contributed by atoms with E-state index in [2.05, 4.69) is 6.92 Å². The fourth-order valence-corrected chi connectivity index (χ4v) is 12.7. The summed E-state index contributed by atoms with van der Waals surface area (Å²) < 4.78 is 28.4. The molecule has 5 saturated carbocycles. The summed E-state index contributed by atoms with van der Waals surface area (Å²) in [6.07, 6.45) is 1.42. The Kier molecular flexibility index (Phi) is 7.19. The van der Waals surface area contributed by atoms with E-state index in [1.165, 1.54) is 27.0 Å². The van der Waals surface area contributed by atoms with Gasteiger partial charge in [0, 0.05) is 34.0 Å². The van der Waals surface area contributed by atoms with Gasteiger partial charge in [0.05, 0.1) is 31.4 Å². The number of carbonyl (C=O) groups is 6. The number of hydrogen-bond donors (Lipinski definition) is 2. The summed E-state index contributed by atoms with van der Waals surface area (Å²) in [5.74, 6) is -6.28. The SMILES string of the molecule is COC(=O)C(C)=C1C(=O)[C@H](O)[C@]2(C)C3=C(C[C@@H]4[C@]5(OC(=O)C6=C5C[C@H]5[C@](O)(COC(=O)C(C)=CCOC(=O)CCC(=O)OC6)[C@H]6C[C@H]6[C@]45C)[C@@H]13)[C@H]1C[C@H]12. The number of hydrogen-bond acceptors (Lipinski definition) is 13. The Hall–Kier alpha value is -4.10. The second-order valence-corrected chi connectivity index (χ2v) is 17.2. The van der Waals surface area contributed by atoms with Crippen LogP contribution < -0.4 is 0 Å². The van der Waals surface area contributed by atoms with E-state index in [0.717, 1.165) is 17.6 Å². The molecule has 13 heteroatoms. The van der Waals surface area contributed by atoms with Crippen LogP contribution in [0.2, 0.25) is 0 Å². The van der Waals surface area contributed by atoms with Crippen molar-refractivity contribution in [3.05, 3.63) is 45.1 Å². The summed E-state index contributed by atoms with van der Waals surface area (Å²) in [6, 6.07) is 0. The van der Waals surface area contributed by atoms with Crippen molar-refractivity contribution in [2.75, 3.05) is 26.9 Å². The summed E-state index contributed by atoms with van der Waals surface area (Å²) in [7, 11) is 1.22. The van der Waals surface area contributed by atoms with Crippen LogP contribution in [0.5, 0.6) is 0 Å². The number of aliphatic hydroxyl groups excluding tert-OH is 1. The first kappa shape index (κ1) is 34.7. The van der Waals surface area contributed by atoms with E-state index in [4.69, 9.17) is 23.7 Å². The lowest BCUT2D eigenvalue weighted by atomic mass is 9.42. The minimum absolute atomic E-state index is 0.00160. The lowest BCUT2D eigenvalue weighted by Crippen LogP contribution is -2.67. The van der Waals surface area contributed by atoms with Gasteiger partial charge in [0.15, 0.2) is 5.78 Å². The monoisotopic (exact) mass is 732 g/mol. The first-order valence-electron chi connectivity index (χ1n) is 18.6. The minimum Gasteiger partial charge on any atom is -0.466 e. The molecule has 5 fully saturated rings. The number of esters is 5. The fraction of sp³-hybridized carbons (Fsp3) is 0.650. The number of allylic oxidation sites excluding steroid dienone is 1. The fourth-order valence-electron chi connectivity index (χ4n) is 12.7. The van der Waals surface area contributed by atoms with Crippen LogP contribution in [-0.4, -0.2) is 90.1 Å². The number of aliphatic hydroxyl groups is 2. The largest absolute Gasteiger partial charge is 0.466 e. The molecular weight excluding hydrogens is 688 g/mol. The van der Waals surface area contributed by atoms with E-state index < -0.39 is 88.1 Å². The Morgan fingerprint density at radius 3 is 2.36 bits per heavy atom. The maximum Gasteiger partial charge on any atom is 0.338 e. The van der Waals surface area contributed by atoms with E-state index in [1.54, 1.807) is 0 Å². The third-order valence-corrected chi connectivity index (χ3v) is 15.2. The number of rotatable bonds is 1. The molecule has 0 saturated heterocycles. The molecule has 0 amide bonds. The molecule has 12 atom stereocenters. The molecule has 0 unspecified atom stereocenters. The molecule has 2 N–H and O–H groups in total. The van der Waals surface area contributed by atoms with E-state index in [-0.39, 0.29) is 78.4 Å². The van der Waals surface area contributed by atoms with E-state index >= 15 is 0 Å². The number of carbonyl (C=O) groups excluding carboxylic acids is 6. The third-order valence-electron chi connectivity index (χ3n) is 15.2. The van der Waals surface area contributed by atoms with Crippen LogP contribution in [0, 0.1) is 52.3 Å². The maximum atomic E-state index is 14.6. The highest BCUT2D eigenvalue weighted by atomic mass is 16.6. The molecule has 13 nitrogen and oxygen atoms in total. The Bertz CT molecular complexity index is 1970. The van der Waals surface area contributed by atoms with Gasteiger partial charge in [-0.25, -0.2) is 14.4 Å². The average molecular weight is 733 g/mol. The van der Waals surface area contributed by atoms with Gasteiger partial charge in [0.1, 0.15) is 37.1 Å². The molecule has 0 aromatic carbocycles. The molecule has 7 aliphatic carbocycles. The molecule has 2 heterocycles. The molecule has 0 aromatic heterocycles. The highest BCUT2D eigenvalue weighted by Crippen LogP contribution is 2.83. The van der Waals surface area contributed by atoms with Gasteiger partial charge in [-0.3, -0.25) is 14.4 Å². The summed E-state index contributed by atoms with van der Waals surface area (Å²) in [5, 5.41) is 24.6. The number of Topliss-reactive ketones (excluding diaryl/α,β-unsaturated/α-hetero) is 1. The van der Waals surface area contributed by atoms with Crippen molar-refractivity contribution in [1.29, 1.82) is 0 Å². The normalized spacial score (nSPS) is 46.3. The van der Waals surface area contributed by atoms with Gasteiger partial charge >= 0.3 is 29.8 Å². The number of ketones is 1. The van der Waals surface area contributed by atoms with Crippen LogP contribution in [0.4, 0.5) is 0 Å². The predicted molar refractivity (Wildman–Crippen MR) is 179 cm³/mol. The molecule has 0 aromatic rings. The third kappa shape index (κ3) is 4.21. The van der Waals surface area contributed by atoms with E-state index in [0.29, 0.717) is 18.4 Å². The smallest absolute Gasteiger partial charge is 0.338 e. The molecule has 9 aliphatic rings. The molecule has 1 spiro atoms. The Morgan fingerprint density at radius 2 is 1.64 bits per heavy atom. The van der Waals surface area contributed by atoms with Crippen molar-refractivity contribution in [2.45, 2.75) is 83.5 Å². The molecule has 9 rings (SSSR count). The van der Waals surface area contributed by atoms with Crippen LogP contribution in [0.15, 0.2) is 45.1 Å². The Balaban J connectivity index is 1.27. The highest BCUT2D eigenvalue weighted by Gasteiger charge is 2.84. The first-order chi connectivity index (χ1) is 25.1. The predicted octanol–water partition coefficient (Wildman–Crippen LogP) is 2.38. The zero-order chi connectivity index (χ0) is 37.7. The number of methoxy groups -OCH3 is 1. The van der Waals surface area contributed by atoms with Gasteiger partial charge in [-0.05, 0) is 85.8 Å². The standard InChI is InChI=1S/C40H44O13/c1-16-8-9-50-27(41)6-7-28(42)51-14-20-22-13-25-37(3,23-12-24(23)39(25,48)15-52-34(16)45)26-11-19-18-10-21(18)38(4)30(19)31(40(22,26)53-36(20)47)29(32(43)33(38)44)17(2)35(46)49-5/h8,18,21,23-26,31,33,44,48H,6-7,9-15H2,1-5H3/t18-,21-,23-,24+,25-,26+,31+,33+,37+,38+,39+,40+/m1/s1. The van der Waals surface area contributed by atoms with Crippen molar-refractivity contribution >= 4 is 35.6 Å². The first-order valence-corrected chi connectivity index (χ1v) is 18.6. The van der Waals surface area contributed by atoms with Gasteiger partial charge in [-0.15, -0.1) is 0 Å². The van der Waals surface area contributed by atoms with E-state index in [1.807, 2.05) is 6.92 Å². The maximum absolute atomic E-state index is 14.6. The van der Waals surface area contributed by atoms with Crippen molar-refractivity contribution in [3.8, 4) is 0 Å². The summed E-state index contributed by atoms with van der Waals surface area (Å²) in [5.41, 5.74) is -1.89. The van der Waals surface area contributed by atoms with Gasteiger partial charge < -0.3 is 33.9 Å². The second-order valence-electron chi connectivity index (χ2n) is 17.2. The number of ether oxygens (including phenoxy) is 5. The van der Waals surface area contributed by atoms with Gasteiger partial charge in [0.25, 0.3) is 0 Å². The van der Waals surface area contributed by atoms with Crippen molar-refractivity contribution in [3.63, 3.8) is 0 Å². The Morgan fingerprint density at radius 1 is 0.925 bits per heavy atom. The molecule has 282 valence electrons. The zero-order valence-corrected chi connectivity index (χ0v) is 30.4. The van der Waals surface area contributed by atoms with Crippen LogP contribution >= 0.6 is 0 Å². The van der Waals surface area contributed by atoms with Crippen LogP contribution in [-0.2, 0) is 52.5 Å². The van der Waals surface area contributed by atoms with Crippen LogP contribution in [0.25, 0.3) is 0 Å². The second kappa shape index (κ2) is 11.0. The van der Waals surface area contributed by atoms with Crippen molar-refractivity contribution < 1.29 is 62.7 Å². The quantitative estimate of drug-likeness (QED) is 0.173. The Labute approximate surface area is 305 Å². The van der Waals surface area contributed by atoms with Gasteiger partial charge in [-0.1, -0.05) is 19.4 Å². The average Bonchev–Trinajstić information content (AvgIpc) is 4.05. The lowest BCUT2D eigenvalue weighted by Gasteiger charge is -2.63. The van der Waals surface area contributed by atoms with Crippen LogP contribution in [0.3, 0.4) is 0 Å². The summed E-state index contributed by atoms with van der Waals surface area (Å²) >= 11 is 0. The summed E-state index contributed by atoms with van der Waals surface area (Å²) in [6.45, 7) is 6.06. The number of cyclic esters (lactones) is 3. The molecular formula is C40H44O13. The van der Waals surface area contributed by atoms with Crippen LogP contribution in [0.1, 0.15) is 66.2 Å². The highest BCUT2D eigenvalue weighted by molar-refractivity contribution is 6.09. The molecule has 2 aliphatic heterocycles. The summed E-state index contributed by atoms with van der Waals surface area (Å²) in [4.78, 5) is 80.8. The topological polar surface area (TPSA) is 189 Å². The lowest BCUT2D eigenvalue weighted by molar-refractivity contribution is -0.191. The minimum atomic E-state index is -1.51. The molecule has 2 bridgehead atoms. The van der Waals surface area contributed by atoms with E-state index in [9.17, 15) is 39.0 Å². The van der Waals surface area contributed by atoms with Crippen molar-refractivity contribution in [1.82, 2.24) is 0 Å².